The van der Waals surface area contributed by atoms with Crippen LogP contribution in [0.3, 0.4) is 0 Å². The first-order chi connectivity index (χ1) is 8.48. The molecule has 2 N–H and O–H groups in total. The topological polar surface area (TPSA) is 58.2 Å². The van der Waals surface area contributed by atoms with Gasteiger partial charge in [0.15, 0.2) is 5.11 Å². The number of rotatable bonds is 6. The molecule has 1 fully saturated rings. The van der Waals surface area contributed by atoms with Crippen LogP contribution in [0.5, 0.6) is 0 Å². The Morgan fingerprint density at radius 2 is 1.89 bits per heavy atom. The highest BCUT2D eigenvalue weighted by molar-refractivity contribution is 7.98. The molecular weight excluding hydrogens is 268 g/mol. The molecule has 1 heterocycles. The largest absolute Gasteiger partial charge is 0.302 e. The highest BCUT2D eigenvalue weighted by atomic mass is 32.2. The van der Waals surface area contributed by atoms with Crippen LogP contribution in [-0.2, 0) is 9.59 Å². The fourth-order valence-corrected chi connectivity index (χ4v) is 3.14. The minimum Gasteiger partial charge on any atom is -0.302 e. The van der Waals surface area contributed by atoms with E-state index in [2.05, 4.69) is 17.6 Å². The van der Waals surface area contributed by atoms with Crippen molar-refractivity contribution in [3.8, 4) is 0 Å². The summed E-state index contributed by atoms with van der Waals surface area (Å²) in [5.74, 6) is 0.303. The first-order valence-corrected chi connectivity index (χ1v) is 7.95. The van der Waals surface area contributed by atoms with Crippen LogP contribution in [0.2, 0.25) is 0 Å². The maximum Gasteiger partial charge on any atom is 0.242 e. The molecule has 1 atom stereocenters. The fraction of sp³-hybridized carbons (Fsp3) is 0.750. The van der Waals surface area contributed by atoms with Crippen LogP contribution >= 0.6 is 24.0 Å². The minimum absolute atomic E-state index is 0.0118. The van der Waals surface area contributed by atoms with Gasteiger partial charge in [0.1, 0.15) is 5.41 Å². The van der Waals surface area contributed by atoms with Crippen LogP contribution in [0.15, 0.2) is 0 Å². The van der Waals surface area contributed by atoms with Gasteiger partial charge in [0, 0.05) is 0 Å². The van der Waals surface area contributed by atoms with Crippen LogP contribution in [0, 0.1) is 11.3 Å². The maximum atomic E-state index is 12.3. The Kier molecular flexibility index (Phi) is 5.59. The van der Waals surface area contributed by atoms with Gasteiger partial charge in [-0.05, 0) is 43.0 Å². The van der Waals surface area contributed by atoms with Crippen molar-refractivity contribution in [2.75, 3.05) is 12.0 Å². The molecule has 0 spiro atoms. The smallest absolute Gasteiger partial charge is 0.242 e. The molecular formula is C12H20N2O2S2. The summed E-state index contributed by atoms with van der Waals surface area (Å²) in [5, 5.41) is 5.32. The van der Waals surface area contributed by atoms with E-state index in [1.807, 2.05) is 13.2 Å². The van der Waals surface area contributed by atoms with E-state index in [1.165, 1.54) is 0 Å². The molecule has 0 saturated carbocycles. The summed E-state index contributed by atoms with van der Waals surface area (Å²) in [6.07, 6.45) is 4.33. The fourth-order valence-electron chi connectivity index (χ4n) is 2.43. The van der Waals surface area contributed by atoms with Crippen LogP contribution in [0.4, 0.5) is 0 Å². The molecule has 4 nitrogen and oxygen atoms in total. The lowest BCUT2D eigenvalue weighted by molar-refractivity contribution is -0.147. The molecule has 0 bridgehead atoms. The lowest BCUT2D eigenvalue weighted by atomic mass is 9.70. The predicted octanol–water partition coefficient (Wildman–Crippen LogP) is 1.69. The van der Waals surface area contributed by atoms with Crippen LogP contribution < -0.4 is 10.6 Å². The van der Waals surface area contributed by atoms with Gasteiger partial charge in [0.25, 0.3) is 0 Å². The minimum atomic E-state index is -0.971. The number of carbonyl (C=O) groups excluding carboxylic acids is 2. The van der Waals surface area contributed by atoms with Gasteiger partial charge >= 0.3 is 0 Å². The van der Waals surface area contributed by atoms with Gasteiger partial charge in [-0.2, -0.15) is 11.8 Å². The van der Waals surface area contributed by atoms with Crippen molar-refractivity contribution >= 4 is 40.9 Å². The standard InChI is InChI=1S/C12H20N2O2S2/c1-4-5-8(2)12(6-7-18-3)9(15)13-11(17)14-10(12)16/h8H,4-7H2,1-3H3,(H2,13,14,15,16,17)/t8-/m1/s1. The monoisotopic (exact) mass is 288 g/mol. The Morgan fingerprint density at radius 1 is 1.33 bits per heavy atom. The van der Waals surface area contributed by atoms with Gasteiger partial charge in [-0.15, -0.1) is 0 Å². The molecule has 1 aliphatic rings. The number of amides is 2. The molecule has 1 aliphatic heterocycles. The first-order valence-electron chi connectivity index (χ1n) is 6.14. The predicted molar refractivity (Wildman–Crippen MR) is 78.4 cm³/mol. The van der Waals surface area contributed by atoms with Crippen LogP contribution in [0.25, 0.3) is 0 Å². The normalized spacial score (nSPS) is 20.3. The summed E-state index contributed by atoms with van der Waals surface area (Å²) >= 11 is 6.50. The Morgan fingerprint density at radius 3 is 2.33 bits per heavy atom. The Bertz CT molecular complexity index is 338. The molecule has 1 rings (SSSR count). The average molecular weight is 288 g/mol. The second-order valence-electron chi connectivity index (χ2n) is 4.64. The van der Waals surface area contributed by atoms with Crippen LogP contribution in [0.1, 0.15) is 33.1 Å². The van der Waals surface area contributed by atoms with E-state index in [0.29, 0.717) is 6.42 Å². The van der Waals surface area contributed by atoms with E-state index in [4.69, 9.17) is 12.2 Å². The Balaban J connectivity index is 3.04. The summed E-state index contributed by atoms with van der Waals surface area (Å²) in [6, 6.07) is 0. The molecule has 0 aromatic heterocycles. The maximum absolute atomic E-state index is 12.3. The van der Waals surface area contributed by atoms with Crippen molar-refractivity contribution in [2.24, 2.45) is 11.3 Å². The van der Waals surface area contributed by atoms with E-state index in [0.717, 1.165) is 18.6 Å². The van der Waals surface area contributed by atoms with Gasteiger partial charge in [-0.1, -0.05) is 20.3 Å². The van der Waals surface area contributed by atoms with Crippen LogP contribution in [-0.4, -0.2) is 28.9 Å². The molecule has 2 amide bonds. The second-order valence-corrected chi connectivity index (χ2v) is 6.04. The number of hydrogen-bond donors (Lipinski definition) is 2. The molecule has 0 aliphatic carbocycles. The SMILES string of the molecule is CCC[C@@H](C)C1(CCSC)C(=O)NC(=S)NC1=O. The summed E-state index contributed by atoms with van der Waals surface area (Å²) in [7, 11) is 0. The van der Waals surface area contributed by atoms with Gasteiger partial charge in [-0.25, -0.2) is 0 Å². The number of thiocarbonyl (C=S) groups is 1. The quantitative estimate of drug-likeness (QED) is 0.577. The molecule has 18 heavy (non-hydrogen) atoms. The van der Waals surface area contributed by atoms with Crippen molar-refractivity contribution in [3.05, 3.63) is 0 Å². The number of thioether (sulfide) groups is 1. The van der Waals surface area contributed by atoms with Gasteiger partial charge < -0.3 is 10.6 Å². The van der Waals surface area contributed by atoms with E-state index in [1.54, 1.807) is 11.8 Å². The van der Waals surface area contributed by atoms with E-state index in [9.17, 15) is 9.59 Å². The molecule has 1 saturated heterocycles. The zero-order chi connectivity index (χ0) is 13.8. The third-order valence-electron chi connectivity index (χ3n) is 3.53. The highest BCUT2D eigenvalue weighted by Crippen LogP contribution is 2.37. The Hall–Kier alpha value is -0.620. The molecule has 102 valence electrons. The lowest BCUT2D eigenvalue weighted by Crippen LogP contribution is -2.64. The first kappa shape index (κ1) is 15.4. The number of carbonyl (C=O) groups is 2. The molecule has 0 radical (unpaired) electrons. The highest BCUT2D eigenvalue weighted by Gasteiger charge is 2.52. The molecule has 6 heteroatoms. The molecule has 0 aromatic rings. The second kappa shape index (κ2) is 6.52. The van der Waals surface area contributed by atoms with Crippen molar-refractivity contribution < 1.29 is 9.59 Å². The summed E-state index contributed by atoms with van der Waals surface area (Å²) < 4.78 is 0. The molecule has 0 unspecified atom stereocenters. The number of nitrogens with one attached hydrogen (secondary N) is 2. The third kappa shape index (κ3) is 2.85. The zero-order valence-electron chi connectivity index (χ0n) is 11.0. The third-order valence-corrected chi connectivity index (χ3v) is 4.34. The summed E-state index contributed by atoms with van der Waals surface area (Å²) in [5.41, 5.74) is -0.971. The molecule has 0 aromatic carbocycles. The Labute approximate surface area is 118 Å². The zero-order valence-corrected chi connectivity index (χ0v) is 12.7. The summed E-state index contributed by atoms with van der Waals surface area (Å²) in [6.45, 7) is 4.03. The summed E-state index contributed by atoms with van der Waals surface area (Å²) in [4.78, 5) is 24.6. The van der Waals surface area contributed by atoms with Gasteiger partial charge in [0.2, 0.25) is 11.8 Å². The van der Waals surface area contributed by atoms with Crippen molar-refractivity contribution in [1.29, 1.82) is 0 Å². The van der Waals surface area contributed by atoms with E-state index < -0.39 is 5.41 Å². The lowest BCUT2D eigenvalue weighted by Gasteiger charge is -2.39. The van der Waals surface area contributed by atoms with Crippen molar-refractivity contribution in [3.63, 3.8) is 0 Å². The van der Waals surface area contributed by atoms with Crippen molar-refractivity contribution in [2.45, 2.75) is 33.1 Å². The number of hydrogen-bond acceptors (Lipinski definition) is 4. The van der Waals surface area contributed by atoms with Gasteiger partial charge in [0.05, 0.1) is 0 Å². The van der Waals surface area contributed by atoms with Gasteiger partial charge in [-0.3, -0.25) is 9.59 Å². The van der Waals surface area contributed by atoms with E-state index in [-0.39, 0.29) is 22.8 Å². The van der Waals surface area contributed by atoms with E-state index >= 15 is 0 Å². The van der Waals surface area contributed by atoms with Crippen molar-refractivity contribution in [1.82, 2.24) is 10.6 Å². The average Bonchev–Trinajstić information content (AvgIpc) is 2.28.